The fourth-order valence-electron chi connectivity index (χ4n) is 1.92. The second-order valence-electron chi connectivity index (χ2n) is 4.61. The van der Waals surface area contributed by atoms with Crippen LogP contribution in [0.1, 0.15) is 21.6 Å². The van der Waals surface area contributed by atoms with Crippen molar-refractivity contribution >= 4 is 21.7 Å². The maximum atomic E-state index is 12.3. The quantitative estimate of drug-likeness (QED) is 0.902. The van der Waals surface area contributed by atoms with Crippen molar-refractivity contribution in [3.63, 3.8) is 0 Å². The second-order valence-corrected chi connectivity index (χ2v) is 6.26. The van der Waals surface area contributed by atoms with Gasteiger partial charge in [0.15, 0.2) is 0 Å². The molecule has 1 heterocycles. The molecule has 0 aliphatic rings. The number of hydrogen-bond donors (Lipinski definition) is 2. The molecule has 0 saturated carbocycles. The Hall–Kier alpha value is -2.41. The fraction of sp³-hybridized carbons (Fsp3) is 0.143. The van der Waals surface area contributed by atoms with Gasteiger partial charge < -0.3 is 5.11 Å². The highest BCUT2D eigenvalue weighted by molar-refractivity contribution is 7.92. The van der Waals surface area contributed by atoms with Crippen LogP contribution in [-0.2, 0) is 10.0 Å². The summed E-state index contributed by atoms with van der Waals surface area (Å²) in [4.78, 5) is 14.6. The van der Waals surface area contributed by atoms with Crippen LogP contribution < -0.4 is 4.72 Å². The predicted molar refractivity (Wildman–Crippen MR) is 77.9 cm³/mol. The van der Waals surface area contributed by atoms with Gasteiger partial charge in [0.25, 0.3) is 10.0 Å². The van der Waals surface area contributed by atoms with E-state index in [-0.39, 0.29) is 16.3 Å². The number of sulfonamides is 1. The molecule has 0 radical (unpaired) electrons. The highest BCUT2D eigenvalue weighted by Gasteiger charge is 2.17. The fourth-order valence-corrected chi connectivity index (χ4v) is 3.20. The van der Waals surface area contributed by atoms with Crippen molar-refractivity contribution in [2.24, 2.45) is 0 Å². The maximum absolute atomic E-state index is 12.3. The molecule has 0 unspecified atom stereocenters. The minimum Gasteiger partial charge on any atom is -0.477 e. The number of rotatable bonds is 4. The molecule has 2 rings (SSSR count). The monoisotopic (exact) mass is 306 g/mol. The third-order valence-corrected chi connectivity index (χ3v) is 4.39. The highest BCUT2D eigenvalue weighted by atomic mass is 32.2. The topological polar surface area (TPSA) is 96.4 Å². The van der Waals surface area contributed by atoms with Gasteiger partial charge in [0.05, 0.1) is 10.6 Å². The average molecular weight is 306 g/mol. The van der Waals surface area contributed by atoms with Gasteiger partial charge in [-0.1, -0.05) is 17.7 Å². The largest absolute Gasteiger partial charge is 0.477 e. The van der Waals surface area contributed by atoms with E-state index in [0.29, 0.717) is 5.56 Å². The zero-order valence-corrected chi connectivity index (χ0v) is 12.3. The molecule has 0 aliphatic carbocycles. The van der Waals surface area contributed by atoms with Gasteiger partial charge in [-0.15, -0.1) is 0 Å². The Morgan fingerprint density at radius 3 is 2.52 bits per heavy atom. The summed E-state index contributed by atoms with van der Waals surface area (Å²) in [6.45, 7) is 3.58. The molecule has 0 saturated heterocycles. The van der Waals surface area contributed by atoms with Gasteiger partial charge in [-0.25, -0.2) is 18.2 Å². The van der Waals surface area contributed by atoms with E-state index in [1.54, 1.807) is 19.1 Å². The van der Waals surface area contributed by atoms with E-state index < -0.39 is 16.0 Å². The number of carboxylic acid groups (broad SMARTS) is 1. The number of anilines is 1. The van der Waals surface area contributed by atoms with Gasteiger partial charge in [-0.2, -0.15) is 0 Å². The van der Waals surface area contributed by atoms with Gasteiger partial charge in [0, 0.05) is 6.20 Å². The molecule has 7 heteroatoms. The molecular formula is C14H14N2O4S. The van der Waals surface area contributed by atoms with Crippen LogP contribution in [0.15, 0.2) is 41.4 Å². The molecule has 2 N–H and O–H groups in total. The Morgan fingerprint density at radius 2 is 1.90 bits per heavy atom. The Balaban J connectivity index is 2.37. The van der Waals surface area contributed by atoms with Crippen LogP contribution in [0.3, 0.4) is 0 Å². The summed E-state index contributed by atoms with van der Waals surface area (Å²) in [5.41, 5.74) is 1.51. The number of nitrogens with zero attached hydrogens (tertiary/aromatic N) is 1. The molecule has 0 atom stereocenters. The Labute approximate surface area is 122 Å². The lowest BCUT2D eigenvalue weighted by Crippen LogP contribution is -2.15. The number of hydrogen-bond acceptors (Lipinski definition) is 4. The minimum atomic E-state index is -3.77. The van der Waals surface area contributed by atoms with Crippen LogP contribution in [0.25, 0.3) is 0 Å². The number of carbonyl (C=O) groups is 1. The number of aryl methyl sites for hydroxylation is 2. The molecule has 0 spiro atoms. The van der Waals surface area contributed by atoms with Crippen LogP contribution in [0.5, 0.6) is 0 Å². The Kier molecular flexibility index (Phi) is 3.95. The first-order chi connectivity index (χ1) is 9.79. The third-order valence-electron chi connectivity index (χ3n) is 2.85. The summed E-state index contributed by atoms with van der Waals surface area (Å²) in [6, 6.07) is 7.56. The van der Waals surface area contributed by atoms with E-state index in [0.717, 1.165) is 5.56 Å². The van der Waals surface area contributed by atoms with Gasteiger partial charge >= 0.3 is 5.97 Å². The summed E-state index contributed by atoms with van der Waals surface area (Å²) in [7, 11) is -3.77. The van der Waals surface area contributed by atoms with E-state index >= 15 is 0 Å². The van der Waals surface area contributed by atoms with Gasteiger partial charge in [0.1, 0.15) is 5.69 Å². The van der Waals surface area contributed by atoms with Crippen molar-refractivity contribution in [1.82, 2.24) is 4.98 Å². The zero-order chi connectivity index (χ0) is 15.6. The van der Waals surface area contributed by atoms with Crippen LogP contribution in [0.2, 0.25) is 0 Å². The summed E-state index contributed by atoms with van der Waals surface area (Å²) >= 11 is 0. The summed E-state index contributed by atoms with van der Waals surface area (Å²) in [5, 5.41) is 8.86. The van der Waals surface area contributed by atoms with Crippen molar-refractivity contribution in [2.75, 3.05) is 4.72 Å². The van der Waals surface area contributed by atoms with Crippen LogP contribution in [0, 0.1) is 13.8 Å². The molecule has 21 heavy (non-hydrogen) atoms. The number of aromatic carboxylic acids is 1. The average Bonchev–Trinajstić information content (AvgIpc) is 2.37. The summed E-state index contributed by atoms with van der Waals surface area (Å²) in [5.74, 6) is -1.22. The van der Waals surface area contributed by atoms with E-state index in [2.05, 4.69) is 9.71 Å². The van der Waals surface area contributed by atoms with Crippen LogP contribution in [-0.4, -0.2) is 24.5 Å². The Morgan fingerprint density at radius 1 is 1.19 bits per heavy atom. The molecule has 110 valence electrons. The van der Waals surface area contributed by atoms with Gasteiger partial charge in [-0.3, -0.25) is 4.72 Å². The van der Waals surface area contributed by atoms with Crippen molar-refractivity contribution < 1.29 is 18.3 Å². The smallest absolute Gasteiger partial charge is 0.354 e. The normalized spacial score (nSPS) is 11.1. The van der Waals surface area contributed by atoms with Crippen molar-refractivity contribution in [3.05, 3.63) is 53.3 Å². The first kappa shape index (κ1) is 15.0. The molecule has 1 aromatic carbocycles. The van der Waals surface area contributed by atoms with Crippen molar-refractivity contribution in [1.29, 1.82) is 0 Å². The van der Waals surface area contributed by atoms with Gasteiger partial charge in [0.2, 0.25) is 0 Å². The minimum absolute atomic E-state index is 0.154. The lowest BCUT2D eigenvalue weighted by Gasteiger charge is -2.11. The third kappa shape index (κ3) is 3.38. The number of benzene rings is 1. The highest BCUT2D eigenvalue weighted by Crippen LogP contribution is 2.20. The molecule has 0 bridgehead atoms. The first-order valence-electron chi connectivity index (χ1n) is 6.09. The van der Waals surface area contributed by atoms with Crippen molar-refractivity contribution in [2.45, 2.75) is 18.7 Å². The zero-order valence-electron chi connectivity index (χ0n) is 11.5. The molecule has 6 nitrogen and oxygen atoms in total. The summed E-state index contributed by atoms with van der Waals surface area (Å²) < 4.78 is 27.0. The van der Waals surface area contributed by atoms with Gasteiger partial charge in [-0.05, 0) is 37.6 Å². The van der Waals surface area contributed by atoms with E-state index in [1.807, 2.05) is 6.92 Å². The van der Waals surface area contributed by atoms with E-state index in [1.165, 1.54) is 24.4 Å². The van der Waals surface area contributed by atoms with Crippen molar-refractivity contribution in [3.8, 4) is 0 Å². The number of carboxylic acids is 1. The van der Waals surface area contributed by atoms with E-state index in [4.69, 9.17) is 5.11 Å². The SMILES string of the molecule is Cc1ccc(S(=O)(=O)Nc2ccnc(C(=O)O)c2)c(C)c1. The summed E-state index contributed by atoms with van der Waals surface area (Å²) in [6.07, 6.45) is 1.24. The molecule has 0 amide bonds. The molecule has 0 fully saturated rings. The predicted octanol–water partition coefficient (Wildman–Crippen LogP) is 2.20. The molecular weight excluding hydrogens is 292 g/mol. The lowest BCUT2D eigenvalue weighted by molar-refractivity contribution is 0.0690. The number of aromatic nitrogens is 1. The van der Waals surface area contributed by atoms with E-state index in [9.17, 15) is 13.2 Å². The second kappa shape index (κ2) is 5.53. The lowest BCUT2D eigenvalue weighted by atomic mass is 10.2. The Bertz CT molecular complexity index is 800. The molecule has 2 aromatic rings. The molecule has 0 aliphatic heterocycles. The maximum Gasteiger partial charge on any atom is 0.354 e. The van der Waals surface area contributed by atoms with Crippen LogP contribution >= 0.6 is 0 Å². The number of nitrogens with one attached hydrogen (secondary N) is 1. The van der Waals surface area contributed by atoms with Crippen LogP contribution in [0.4, 0.5) is 5.69 Å². The molecule has 1 aromatic heterocycles. The standard InChI is InChI=1S/C14H14N2O4S/c1-9-3-4-13(10(2)7-9)21(19,20)16-11-5-6-15-12(8-11)14(17)18/h3-8H,1-2H3,(H,15,16)(H,17,18). The first-order valence-corrected chi connectivity index (χ1v) is 7.57. The number of pyridine rings is 1.